The Hall–Kier alpha value is -2.82. The van der Waals surface area contributed by atoms with Gasteiger partial charge in [0.2, 0.25) is 0 Å². The zero-order chi connectivity index (χ0) is 16.8. The Morgan fingerprint density at radius 3 is 1.83 bits per heavy atom. The first-order valence-electron chi connectivity index (χ1n) is 7.49. The zero-order valence-electron chi connectivity index (χ0n) is 13.5. The molecule has 5 nitrogen and oxygen atoms in total. The lowest BCUT2D eigenvalue weighted by Crippen LogP contribution is -2.24. The molecule has 2 rings (SSSR count). The van der Waals surface area contributed by atoms with Crippen LogP contribution in [0.4, 0.5) is 16.2 Å². The molecule has 2 aromatic rings. The van der Waals surface area contributed by atoms with Gasteiger partial charge in [0.1, 0.15) is 0 Å². The van der Waals surface area contributed by atoms with E-state index in [1.165, 1.54) is 5.56 Å². The van der Waals surface area contributed by atoms with E-state index in [-0.39, 0.29) is 11.9 Å². The molecule has 0 saturated carbocycles. The minimum Gasteiger partial charge on any atom is -0.341 e. The molecule has 0 aliphatic rings. The van der Waals surface area contributed by atoms with Gasteiger partial charge in [-0.15, -0.1) is 0 Å². The van der Waals surface area contributed by atoms with Gasteiger partial charge in [0, 0.05) is 24.0 Å². The van der Waals surface area contributed by atoms with E-state index in [0.717, 1.165) is 0 Å². The maximum atomic E-state index is 12.2. The van der Waals surface area contributed by atoms with Crippen molar-refractivity contribution in [1.82, 2.24) is 5.32 Å². The van der Waals surface area contributed by atoms with Crippen molar-refractivity contribution in [2.45, 2.75) is 19.8 Å². The van der Waals surface area contributed by atoms with Gasteiger partial charge in [-0.25, -0.2) is 4.79 Å². The molecule has 0 atom stereocenters. The van der Waals surface area contributed by atoms with Crippen LogP contribution in [0.5, 0.6) is 0 Å². The van der Waals surface area contributed by atoms with Crippen molar-refractivity contribution in [2.75, 3.05) is 17.7 Å². The highest BCUT2D eigenvalue weighted by atomic mass is 16.2. The predicted molar refractivity (Wildman–Crippen MR) is 93.0 cm³/mol. The quantitative estimate of drug-likeness (QED) is 0.803. The van der Waals surface area contributed by atoms with Crippen LogP contribution in [0.2, 0.25) is 0 Å². The normalized spacial score (nSPS) is 10.3. The third-order valence-corrected chi connectivity index (χ3v) is 3.47. The van der Waals surface area contributed by atoms with E-state index < -0.39 is 0 Å². The number of carbonyl (C=O) groups is 2. The number of hydrogen-bond acceptors (Lipinski definition) is 2. The molecule has 2 aromatic carbocycles. The maximum absolute atomic E-state index is 12.2. The number of urea groups is 1. The summed E-state index contributed by atoms with van der Waals surface area (Å²) in [4.78, 5) is 23.4. The molecule has 0 bridgehead atoms. The lowest BCUT2D eigenvalue weighted by atomic mass is 10.0. The molecule has 0 saturated heterocycles. The molecule has 0 spiro atoms. The minimum absolute atomic E-state index is 0.160. The van der Waals surface area contributed by atoms with Crippen LogP contribution in [0.3, 0.4) is 0 Å². The van der Waals surface area contributed by atoms with E-state index >= 15 is 0 Å². The van der Waals surface area contributed by atoms with Crippen molar-refractivity contribution < 1.29 is 9.59 Å². The molecule has 0 aromatic heterocycles. The minimum atomic E-state index is -0.285. The molecular formula is C18H21N3O2. The van der Waals surface area contributed by atoms with Crippen LogP contribution in [-0.4, -0.2) is 19.0 Å². The van der Waals surface area contributed by atoms with Crippen molar-refractivity contribution in [3.05, 3.63) is 59.7 Å². The summed E-state index contributed by atoms with van der Waals surface area (Å²) in [7, 11) is 1.55. The van der Waals surface area contributed by atoms with E-state index in [1.807, 2.05) is 24.3 Å². The number of hydrogen-bond donors (Lipinski definition) is 3. The number of anilines is 2. The molecular weight excluding hydrogens is 290 g/mol. The topological polar surface area (TPSA) is 70.2 Å². The summed E-state index contributed by atoms with van der Waals surface area (Å²) >= 11 is 0. The van der Waals surface area contributed by atoms with Gasteiger partial charge in [0.25, 0.3) is 5.91 Å². The smallest absolute Gasteiger partial charge is 0.318 e. The second-order valence-corrected chi connectivity index (χ2v) is 5.51. The molecule has 0 fully saturated rings. The molecule has 3 N–H and O–H groups in total. The van der Waals surface area contributed by atoms with E-state index in [4.69, 9.17) is 0 Å². The first-order valence-corrected chi connectivity index (χ1v) is 7.49. The van der Waals surface area contributed by atoms with Crippen molar-refractivity contribution >= 4 is 23.3 Å². The van der Waals surface area contributed by atoms with Gasteiger partial charge >= 0.3 is 6.03 Å². The largest absolute Gasteiger partial charge is 0.341 e. The zero-order valence-corrected chi connectivity index (χ0v) is 13.5. The maximum Gasteiger partial charge on any atom is 0.318 e. The van der Waals surface area contributed by atoms with Crippen molar-refractivity contribution in [2.24, 2.45) is 0 Å². The molecule has 0 radical (unpaired) electrons. The number of rotatable bonds is 4. The summed E-state index contributed by atoms with van der Waals surface area (Å²) < 4.78 is 0. The fourth-order valence-corrected chi connectivity index (χ4v) is 2.05. The molecule has 0 unspecified atom stereocenters. The Kier molecular flexibility index (Phi) is 5.36. The van der Waals surface area contributed by atoms with Crippen LogP contribution in [0.15, 0.2) is 48.5 Å². The van der Waals surface area contributed by atoms with Crippen molar-refractivity contribution in [3.63, 3.8) is 0 Å². The second-order valence-electron chi connectivity index (χ2n) is 5.51. The highest BCUT2D eigenvalue weighted by Gasteiger charge is 2.07. The second kappa shape index (κ2) is 7.45. The average molecular weight is 311 g/mol. The molecule has 0 aliphatic carbocycles. The molecule has 23 heavy (non-hydrogen) atoms. The van der Waals surface area contributed by atoms with E-state index in [2.05, 4.69) is 29.8 Å². The SMILES string of the molecule is CNC(=O)Nc1ccc(NC(=O)c2ccc(C(C)C)cc2)cc1. The fourth-order valence-electron chi connectivity index (χ4n) is 2.05. The number of nitrogens with one attached hydrogen (secondary N) is 3. The van der Waals surface area contributed by atoms with Crippen LogP contribution in [0.1, 0.15) is 35.7 Å². The Labute approximate surface area is 136 Å². The molecule has 3 amide bonds. The van der Waals surface area contributed by atoms with Crippen LogP contribution >= 0.6 is 0 Å². The summed E-state index contributed by atoms with van der Waals surface area (Å²) in [6.07, 6.45) is 0. The first-order chi connectivity index (χ1) is 11.0. The van der Waals surface area contributed by atoms with Gasteiger partial charge in [-0.05, 0) is 47.9 Å². The number of benzene rings is 2. The van der Waals surface area contributed by atoms with E-state index in [1.54, 1.807) is 31.3 Å². The highest BCUT2D eigenvalue weighted by molar-refractivity contribution is 6.04. The molecule has 0 aliphatic heterocycles. The predicted octanol–water partition coefficient (Wildman–Crippen LogP) is 3.81. The lowest BCUT2D eigenvalue weighted by Gasteiger charge is -2.09. The Morgan fingerprint density at radius 2 is 1.35 bits per heavy atom. The summed E-state index contributed by atoms with van der Waals surface area (Å²) in [6.45, 7) is 4.23. The number of carbonyl (C=O) groups excluding carboxylic acids is 2. The fraction of sp³-hybridized carbons (Fsp3) is 0.222. The first kappa shape index (κ1) is 16.5. The molecule has 5 heteroatoms. The highest BCUT2D eigenvalue weighted by Crippen LogP contribution is 2.17. The summed E-state index contributed by atoms with van der Waals surface area (Å²) in [5.41, 5.74) is 3.14. The van der Waals surface area contributed by atoms with Gasteiger partial charge in [-0.1, -0.05) is 26.0 Å². The number of amides is 3. The molecule has 120 valence electrons. The summed E-state index contributed by atoms with van der Waals surface area (Å²) in [6, 6.07) is 14.2. The van der Waals surface area contributed by atoms with Crippen LogP contribution in [0.25, 0.3) is 0 Å². The Morgan fingerprint density at radius 1 is 0.826 bits per heavy atom. The average Bonchev–Trinajstić information content (AvgIpc) is 2.56. The van der Waals surface area contributed by atoms with Gasteiger partial charge in [-0.2, -0.15) is 0 Å². The third kappa shape index (κ3) is 4.57. The van der Waals surface area contributed by atoms with Gasteiger partial charge in [0.15, 0.2) is 0 Å². The molecule has 0 heterocycles. The van der Waals surface area contributed by atoms with Crippen molar-refractivity contribution in [3.8, 4) is 0 Å². The van der Waals surface area contributed by atoms with Gasteiger partial charge < -0.3 is 16.0 Å². The van der Waals surface area contributed by atoms with Gasteiger partial charge in [0.05, 0.1) is 0 Å². The Balaban J connectivity index is 2.01. The van der Waals surface area contributed by atoms with Crippen LogP contribution in [0, 0.1) is 0 Å². The van der Waals surface area contributed by atoms with Crippen LogP contribution in [-0.2, 0) is 0 Å². The standard InChI is InChI=1S/C18H21N3O2/c1-12(2)13-4-6-14(7-5-13)17(22)20-15-8-10-16(11-9-15)21-18(23)19-3/h4-12H,1-3H3,(H,20,22)(H2,19,21,23). The van der Waals surface area contributed by atoms with Crippen LogP contribution < -0.4 is 16.0 Å². The monoisotopic (exact) mass is 311 g/mol. The lowest BCUT2D eigenvalue weighted by molar-refractivity contribution is 0.102. The summed E-state index contributed by atoms with van der Waals surface area (Å²) in [5, 5.41) is 7.97. The van der Waals surface area contributed by atoms with Gasteiger partial charge in [-0.3, -0.25) is 4.79 Å². The Bertz CT molecular complexity index is 676. The summed E-state index contributed by atoms with van der Waals surface area (Å²) in [5.74, 6) is 0.278. The van der Waals surface area contributed by atoms with Crippen molar-refractivity contribution in [1.29, 1.82) is 0 Å². The van der Waals surface area contributed by atoms with E-state index in [0.29, 0.717) is 22.9 Å². The third-order valence-electron chi connectivity index (χ3n) is 3.47. The van der Waals surface area contributed by atoms with E-state index in [9.17, 15) is 9.59 Å².